The van der Waals surface area contributed by atoms with Gasteiger partial charge in [0, 0.05) is 5.56 Å². The monoisotopic (exact) mass is 251 g/mol. The molecule has 2 N–H and O–H groups in total. The van der Waals surface area contributed by atoms with Gasteiger partial charge in [0.15, 0.2) is 6.29 Å². The van der Waals surface area contributed by atoms with Crippen LogP contribution in [0.3, 0.4) is 0 Å². The fourth-order valence-electron chi connectivity index (χ4n) is 1.37. The molecule has 0 aromatic heterocycles. The Morgan fingerprint density at radius 2 is 1.94 bits per heavy atom. The van der Waals surface area contributed by atoms with E-state index in [2.05, 4.69) is 0 Å². The summed E-state index contributed by atoms with van der Waals surface area (Å²) in [5.41, 5.74) is 5.55. The minimum atomic E-state index is -0.631. The van der Waals surface area contributed by atoms with Crippen molar-refractivity contribution in [1.29, 1.82) is 0 Å². The number of anilines is 1. The van der Waals surface area contributed by atoms with Crippen LogP contribution in [0.2, 0.25) is 0 Å². The Kier molecular flexibility index (Phi) is 3.96. The van der Waals surface area contributed by atoms with Crippen molar-refractivity contribution in [2.24, 2.45) is 0 Å². The van der Waals surface area contributed by atoms with E-state index in [0.29, 0.717) is 12.0 Å². The van der Waals surface area contributed by atoms with Gasteiger partial charge in [0.25, 0.3) is 0 Å². The molecule has 0 saturated heterocycles. The average Bonchev–Trinajstić information content (AvgIpc) is 2.27. The number of esters is 1. The molecule has 1 aromatic carbocycles. The Labute approximate surface area is 106 Å². The van der Waals surface area contributed by atoms with E-state index in [1.807, 2.05) is 0 Å². The molecular formula is C13H17NO4. The van der Waals surface area contributed by atoms with Crippen molar-refractivity contribution in [2.45, 2.75) is 26.4 Å². The van der Waals surface area contributed by atoms with Gasteiger partial charge in [-0.1, -0.05) is 0 Å². The standard InChI is InChI=1S/C13H17NO4/c1-13(2,3)18-12(16)10-6-9(17-4)5-8(7-15)11(10)14/h5-7H,14H2,1-4H3. The van der Waals surface area contributed by atoms with Crippen LogP contribution in [-0.2, 0) is 4.74 Å². The van der Waals surface area contributed by atoms with E-state index in [9.17, 15) is 9.59 Å². The molecule has 98 valence electrons. The van der Waals surface area contributed by atoms with Crippen molar-refractivity contribution in [3.05, 3.63) is 23.3 Å². The Morgan fingerprint density at radius 3 is 2.39 bits per heavy atom. The zero-order valence-corrected chi connectivity index (χ0v) is 10.9. The normalized spacial score (nSPS) is 10.9. The lowest BCUT2D eigenvalue weighted by molar-refractivity contribution is 0.00704. The third-order valence-electron chi connectivity index (χ3n) is 2.17. The summed E-state index contributed by atoms with van der Waals surface area (Å²) in [6.45, 7) is 5.26. The summed E-state index contributed by atoms with van der Waals surface area (Å²) in [5, 5.41) is 0. The molecule has 5 nitrogen and oxygen atoms in total. The minimum Gasteiger partial charge on any atom is -0.497 e. The first kappa shape index (κ1) is 14.0. The Morgan fingerprint density at radius 1 is 1.33 bits per heavy atom. The lowest BCUT2D eigenvalue weighted by atomic mass is 10.1. The SMILES string of the molecule is COc1cc(C=O)c(N)c(C(=O)OC(C)(C)C)c1. The minimum absolute atomic E-state index is 0.0973. The largest absolute Gasteiger partial charge is 0.497 e. The van der Waals surface area contributed by atoms with E-state index in [0.717, 1.165) is 0 Å². The number of carbonyl (C=O) groups excluding carboxylic acids is 2. The number of benzene rings is 1. The number of ether oxygens (including phenoxy) is 2. The summed E-state index contributed by atoms with van der Waals surface area (Å²) >= 11 is 0. The van der Waals surface area contributed by atoms with Gasteiger partial charge in [0.05, 0.1) is 18.4 Å². The molecule has 0 spiro atoms. The molecule has 0 unspecified atom stereocenters. The van der Waals surface area contributed by atoms with Gasteiger partial charge < -0.3 is 15.2 Å². The van der Waals surface area contributed by atoms with Gasteiger partial charge in [-0.2, -0.15) is 0 Å². The Balaban J connectivity index is 3.22. The Hall–Kier alpha value is -2.04. The van der Waals surface area contributed by atoms with E-state index in [4.69, 9.17) is 15.2 Å². The van der Waals surface area contributed by atoms with Crippen molar-refractivity contribution >= 4 is 17.9 Å². The molecular weight excluding hydrogens is 234 g/mol. The predicted octanol–water partition coefficient (Wildman–Crippen LogP) is 2.05. The van der Waals surface area contributed by atoms with Crippen LogP contribution in [0, 0.1) is 0 Å². The lowest BCUT2D eigenvalue weighted by Crippen LogP contribution is -2.24. The summed E-state index contributed by atoms with van der Waals surface area (Å²) in [4.78, 5) is 22.8. The highest BCUT2D eigenvalue weighted by atomic mass is 16.6. The highest BCUT2D eigenvalue weighted by Crippen LogP contribution is 2.25. The third kappa shape index (κ3) is 3.23. The summed E-state index contributed by atoms with van der Waals surface area (Å²) in [5.74, 6) is -0.200. The molecule has 0 aliphatic heterocycles. The molecule has 5 heteroatoms. The fraction of sp³-hybridized carbons (Fsp3) is 0.385. The highest BCUT2D eigenvalue weighted by molar-refractivity contribution is 6.00. The second-order valence-corrected chi connectivity index (χ2v) is 4.80. The molecule has 18 heavy (non-hydrogen) atoms. The van der Waals surface area contributed by atoms with Crippen LogP contribution in [0.1, 0.15) is 41.5 Å². The van der Waals surface area contributed by atoms with Crippen LogP contribution in [0.5, 0.6) is 5.75 Å². The number of carbonyl (C=O) groups is 2. The van der Waals surface area contributed by atoms with Gasteiger partial charge in [0.1, 0.15) is 11.4 Å². The molecule has 0 saturated carbocycles. The zero-order valence-electron chi connectivity index (χ0n) is 10.9. The van der Waals surface area contributed by atoms with Crippen LogP contribution in [0.15, 0.2) is 12.1 Å². The topological polar surface area (TPSA) is 78.6 Å². The number of rotatable bonds is 3. The van der Waals surface area contributed by atoms with E-state index < -0.39 is 11.6 Å². The Bertz CT molecular complexity index is 475. The summed E-state index contributed by atoms with van der Waals surface area (Å²) < 4.78 is 10.2. The van der Waals surface area contributed by atoms with Gasteiger partial charge >= 0.3 is 5.97 Å². The van der Waals surface area contributed by atoms with Gasteiger partial charge in [-0.15, -0.1) is 0 Å². The van der Waals surface area contributed by atoms with Crippen molar-refractivity contribution < 1.29 is 19.1 Å². The zero-order chi connectivity index (χ0) is 13.9. The number of hydrogen-bond acceptors (Lipinski definition) is 5. The van der Waals surface area contributed by atoms with Crippen LogP contribution in [-0.4, -0.2) is 25.0 Å². The van der Waals surface area contributed by atoms with Crippen molar-refractivity contribution in [1.82, 2.24) is 0 Å². The predicted molar refractivity (Wildman–Crippen MR) is 68.0 cm³/mol. The maximum Gasteiger partial charge on any atom is 0.340 e. The lowest BCUT2D eigenvalue weighted by Gasteiger charge is -2.20. The van der Waals surface area contributed by atoms with E-state index in [1.54, 1.807) is 20.8 Å². The number of nitrogen functional groups attached to an aromatic ring is 1. The smallest absolute Gasteiger partial charge is 0.340 e. The van der Waals surface area contributed by atoms with Gasteiger partial charge in [-0.05, 0) is 32.9 Å². The van der Waals surface area contributed by atoms with Gasteiger partial charge in [-0.3, -0.25) is 4.79 Å². The number of aldehydes is 1. The molecule has 0 radical (unpaired) electrons. The molecule has 0 bridgehead atoms. The fourth-order valence-corrected chi connectivity index (χ4v) is 1.37. The first-order valence-corrected chi connectivity index (χ1v) is 5.44. The summed E-state index contributed by atoms with van der Waals surface area (Å²) in [6, 6.07) is 2.92. The maximum absolute atomic E-state index is 11.9. The molecule has 0 aliphatic rings. The van der Waals surface area contributed by atoms with Crippen molar-refractivity contribution in [2.75, 3.05) is 12.8 Å². The van der Waals surface area contributed by atoms with E-state index in [1.165, 1.54) is 19.2 Å². The molecule has 0 amide bonds. The molecule has 0 aliphatic carbocycles. The van der Waals surface area contributed by atoms with E-state index in [-0.39, 0.29) is 16.8 Å². The summed E-state index contributed by atoms with van der Waals surface area (Å²) in [6.07, 6.45) is 0.575. The van der Waals surface area contributed by atoms with Crippen molar-refractivity contribution in [3.8, 4) is 5.75 Å². The molecule has 0 fully saturated rings. The highest BCUT2D eigenvalue weighted by Gasteiger charge is 2.21. The number of hydrogen-bond donors (Lipinski definition) is 1. The molecule has 1 aromatic rings. The number of nitrogens with two attached hydrogens (primary N) is 1. The van der Waals surface area contributed by atoms with Crippen LogP contribution < -0.4 is 10.5 Å². The molecule has 0 atom stereocenters. The van der Waals surface area contributed by atoms with Crippen LogP contribution in [0.4, 0.5) is 5.69 Å². The second-order valence-electron chi connectivity index (χ2n) is 4.80. The quantitative estimate of drug-likeness (QED) is 0.505. The first-order chi connectivity index (χ1) is 8.28. The maximum atomic E-state index is 11.9. The van der Waals surface area contributed by atoms with Crippen LogP contribution in [0.25, 0.3) is 0 Å². The third-order valence-corrected chi connectivity index (χ3v) is 2.17. The molecule has 0 heterocycles. The van der Waals surface area contributed by atoms with E-state index >= 15 is 0 Å². The second kappa shape index (κ2) is 5.08. The van der Waals surface area contributed by atoms with Crippen molar-refractivity contribution in [3.63, 3.8) is 0 Å². The first-order valence-electron chi connectivity index (χ1n) is 5.44. The van der Waals surface area contributed by atoms with Crippen LogP contribution >= 0.6 is 0 Å². The number of methoxy groups -OCH3 is 1. The summed E-state index contributed by atoms with van der Waals surface area (Å²) in [7, 11) is 1.44. The van der Waals surface area contributed by atoms with Gasteiger partial charge in [-0.25, -0.2) is 4.79 Å². The molecule has 1 rings (SSSR count). The average molecular weight is 251 g/mol. The van der Waals surface area contributed by atoms with Gasteiger partial charge in [0.2, 0.25) is 0 Å².